The van der Waals surface area contributed by atoms with Gasteiger partial charge in [-0.25, -0.2) is 0 Å². The van der Waals surface area contributed by atoms with Gasteiger partial charge in [0.05, 0.1) is 0 Å². The number of alkyl halides is 1. The quantitative estimate of drug-likeness (QED) is 0.637. The molecule has 0 aliphatic rings. The molecule has 0 radical (unpaired) electrons. The van der Waals surface area contributed by atoms with Crippen LogP contribution < -0.4 is 0 Å². The lowest BCUT2D eigenvalue weighted by molar-refractivity contribution is 1.26. The highest BCUT2D eigenvalue weighted by atomic mass is 79.9. The van der Waals surface area contributed by atoms with Crippen molar-refractivity contribution in [2.24, 2.45) is 0 Å². The number of allylic oxidation sites excluding steroid dienone is 1. The molecule has 0 aliphatic heterocycles. The van der Waals surface area contributed by atoms with E-state index in [1.165, 1.54) is 26.5 Å². The van der Waals surface area contributed by atoms with Gasteiger partial charge in [0.1, 0.15) is 0 Å². The van der Waals surface area contributed by atoms with Gasteiger partial charge in [0.25, 0.3) is 0 Å². The molecule has 2 aromatic heterocycles. The molecular weight excluding hydrogens is 312 g/mol. The number of aryl methyl sites for hydroxylation is 2. The molecule has 90 valence electrons. The van der Waals surface area contributed by atoms with Gasteiger partial charge < -0.3 is 0 Å². The topological polar surface area (TPSA) is 0 Å². The van der Waals surface area contributed by atoms with Gasteiger partial charge in [-0.15, -0.1) is 22.7 Å². The van der Waals surface area contributed by atoms with E-state index in [9.17, 15) is 0 Å². The summed E-state index contributed by atoms with van der Waals surface area (Å²) >= 11 is 7.18. The van der Waals surface area contributed by atoms with Crippen LogP contribution in [-0.2, 0) is 0 Å². The van der Waals surface area contributed by atoms with E-state index in [-0.39, 0.29) is 0 Å². The molecule has 0 amide bonds. The van der Waals surface area contributed by atoms with Gasteiger partial charge in [-0.1, -0.05) is 22.0 Å². The Labute approximate surface area is 119 Å². The molecule has 0 aromatic carbocycles. The van der Waals surface area contributed by atoms with E-state index in [1.54, 1.807) is 0 Å². The first kappa shape index (κ1) is 13.1. The molecule has 2 aromatic rings. The fourth-order valence-electron chi connectivity index (χ4n) is 1.78. The number of hydrogen-bond acceptors (Lipinski definition) is 2. The van der Waals surface area contributed by atoms with Gasteiger partial charge in [-0.3, -0.25) is 0 Å². The average molecular weight is 327 g/mol. The van der Waals surface area contributed by atoms with Crippen molar-refractivity contribution < 1.29 is 0 Å². The Morgan fingerprint density at radius 3 is 2.00 bits per heavy atom. The third-order valence-corrected chi connectivity index (χ3v) is 5.23. The average Bonchev–Trinajstić information content (AvgIpc) is 2.90. The van der Waals surface area contributed by atoms with Gasteiger partial charge in [0, 0.05) is 20.7 Å². The summed E-state index contributed by atoms with van der Waals surface area (Å²) in [7, 11) is 0. The second-order valence-electron chi connectivity index (χ2n) is 3.96. The maximum Gasteiger partial charge on any atom is 0.0382 e. The Kier molecular flexibility index (Phi) is 4.60. The van der Waals surface area contributed by atoms with Crippen LogP contribution in [0.2, 0.25) is 0 Å². The lowest BCUT2D eigenvalue weighted by atomic mass is 10.1. The van der Waals surface area contributed by atoms with Crippen LogP contribution in [0.3, 0.4) is 0 Å². The minimum absolute atomic E-state index is 1.02. The van der Waals surface area contributed by atoms with E-state index >= 15 is 0 Å². The third-order valence-electron chi connectivity index (χ3n) is 2.67. The van der Waals surface area contributed by atoms with Crippen LogP contribution in [0.25, 0.3) is 5.57 Å². The molecular formula is C14H15BrS2. The van der Waals surface area contributed by atoms with E-state index in [4.69, 9.17) is 0 Å². The minimum atomic E-state index is 1.02. The Morgan fingerprint density at radius 1 is 1.12 bits per heavy atom. The van der Waals surface area contributed by atoms with Crippen LogP contribution in [0.15, 0.2) is 29.0 Å². The zero-order valence-electron chi connectivity index (χ0n) is 10.00. The van der Waals surface area contributed by atoms with Crippen LogP contribution in [0, 0.1) is 13.8 Å². The summed E-state index contributed by atoms with van der Waals surface area (Å²) < 4.78 is 0. The van der Waals surface area contributed by atoms with Crippen molar-refractivity contribution in [1.29, 1.82) is 0 Å². The predicted molar refractivity (Wildman–Crippen MR) is 83.6 cm³/mol. The fraction of sp³-hybridized carbons (Fsp3) is 0.286. The van der Waals surface area contributed by atoms with Gasteiger partial charge in [-0.05, 0) is 54.3 Å². The molecule has 3 heteroatoms. The SMILES string of the molecule is Cc1ccsc1C(=CCCBr)c1sccc1C. The molecule has 0 N–H and O–H groups in total. The molecule has 2 rings (SSSR count). The molecule has 0 nitrogen and oxygen atoms in total. The number of rotatable bonds is 4. The normalized spacial score (nSPS) is 10.5. The van der Waals surface area contributed by atoms with Crippen LogP contribution in [0.1, 0.15) is 27.3 Å². The molecule has 0 aliphatic carbocycles. The van der Waals surface area contributed by atoms with Gasteiger partial charge in [0.2, 0.25) is 0 Å². The summed E-state index contributed by atoms with van der Waals surface area (Å²) in [4.78, 5) is 2.83. The summed E-state index contributed by atoms with van der Waals surface area (Å²) in [5.41, 5.74) is 4.16. The summed E-state index contributed by atoms with van der Waals surface area (Å²) in [5, 5.41) is 5.37. The van der Waals surface area contributed by atoms with E-state index in [1.807, 2.05) is 22.7 Å². The van der Waals surface area contributed by atoms with Crippen molar-refractivity contribution in [3.8, 4) is 0 Å². The molecule has 0 saturated carbocycles. The molecule has 2 heterocycles. The maximum atomic E-state index is 3.50. The van der Waals surface area contributed by atoms with E-state index in [0.717, 1.165) is 11.8 Å². The third kappa shape index (κ3) is 2.90. The van der Waals surface area contributed by atoms with Gasteiger partial charge in [-0.2, -0.15) is 0 Å². The lowest BCUT2D eigenvalue weighted by Gasteiger charge is -2.06. The highest BCUT2D eigenvalue weighted by Gasteiger charge is 2.12. The molecule has 0 spiro atoms. The molecule has 0 saturated heterocycles. The van der Waals surface area contributed by atoms with Crippen molar-refractivity contribution in [1.82, 2.24) is 0 Å². The number of hydrogen-bond donors (Lipinski definition) is 0. The van der Waals surface area contributed by atoms with Crippen LogP contribution in [-0.4, -0.2) is 5.33 Å². The monoisotopic (exact) mass is 326 g/mol. The Morgan fingerprint density at radius 2 is 1.65 bits per heavy atom. The standard InChI is InChI=1S/C14H15BrS2/c1-10-5-8-16-13(10)12(4-3-7-15)14-11(2)6-9-17-14/h4-6,8-9H,3,7H2,1-2H3. The van der Waals surface area contributed by atoms with Crippen LogP contribution in [0.4, 0.5) is 0 Å². The van der Waals surface area contributed by atoms with Crippen LogP contribution >= 0.6 is 38.6 Å². The molecule has 17 heavy (non-hydrogen) atoms. The highest BCUT2D eigenvalue weighted by molar-refractivity contribution is 9.09. The fourth-order valence-corrected chi connectivity index (χ4v) is 4.03. The zero-order valence-corrected chi connectivity index (χ0v) is 13.2. The number of halogens is 1. The molecule has 0 bridgehead atoms. The first-order chi connectivity index (χ1) is 8.24. The minimum Gasteiger partial charge on any atom is -0.144 e. The molecule has 0 fully saturated rings. The Hall–Kier alpha value is -0.380. The van der Waals surface area contributed by atoms with Gasteiger partial charge in [0.15, 0.2) is 0 Å². The lowest BCUT2D eigenvalue weighted by Crippen LogP contribution is -1.87. The number of thiophene rings is 2. The van der Waals surface area contributed by atoms with E-state index < -0.39 is 0 Å². The second kappa shape index (κ2) is 5.98. The first-order valence-electron chi connectivity index (χ1n) is 5.59. The summed E-state index contributed by atoms with van der Waals surface area (Å²) in [6.45, 7) is 4.38. The van der Waals surface area contributed by atoms with Crippen molar-refractivity contribution in [3.63, 3.8) is 0 Å². The zero-order chi connectivity index (χ0) is 12.3. The Balaban J connectivity index is 2.47. The molecule has 0 atom stereocenters. The van der Waals surface area contributed by atoms with Crippen molar-refractivity contribution in [3.05, 3.63) is 49.9 Å². The molecule has 0 unspecified atom stereocenters. The summed E-state index contributed by atoms with van der Waals surface area (Å²) in [6.07, 6.45) is 3.43. The van der Waals surface area contributed by atoms with Gasteiger partial charge >= 0.3 is 0 Å². The van der Waals surface area contributed by atoms with Crippen LogP contribution in [0.5, 0.6) is 0 Å². The highest BCUT2D eigenvalue weighted by Crippen LogP contribution is 2.35. The van der Waals surface area contributed by atoms with Crippen molar-refractivity contribution >= 4 is 44.2 Å². The Bertz CT molecular complexity index is 478. The second-order valence-corrected chi connectivity index (χ2v) is 6.59. The summed E-state index contributed by atoms with van der Waals surface area (Å²) in [5.74, 6) is 0. The van der Waals surface area contributed by atoms with Crippen molar-refractivity contribution in [2.75, 3.05) is 5.33 Å². The van der Waals surface area contributed by atoms with E-state index in [0.29, 0.717) is 0 Å². The summed E-state index contributed by atoms with van der Waals surface area (Å²) in [6, 6.07) is 4.40. The smallest absolute Gasteiger partial charge is 0.0382 e. The van der Waals surface area contributed by atoms with E-state index in [2.05, 4.69) is 58.7 Å². The maximum absolute atomic E-state index is 3.50. The first-order valence-corrected chi connectivity index (χ1v) is 8.47. The van der Waals surface area contributed by atoms with Crippen molar-refractivity contribution in [2.45, 2.75) is 20.3 Å². The largest absolute Gasteiger partial charge is 0.144 e. The predicted octanol–water partition coefficient (Wildman–Crippen LogP) is 5.64.